The highest BCUT2D eigenvalue weighted by Crippen LogP contribution is 2.54. The van der Waals surface area contributed by atoms with Crippen molar-refractivity contribution in [1.82, 2.24) is 0 Å². The number of allylic oxidation sites excluding steroid dienone is 2. The van der Waals surface area contributed by atoms with Gasteiger partial charge in [-0.25, -0.2) is 0 Å². The predicted molar refractivity (Wildman–Crippen MR) is 94.0 cm³/mol. The molecular weight excluding hydrogens is 347 g/mol. The number of alkyl halides is 3. The van der Waals surface area contributed by atoms with Crippen LogP contribution in [0, 0.1) is 12.8 Å². The van der Waals surface area contributed by atoms with E-state index < -0.39 is 11.7 Å². The van der Waals surface area contributed by atoms with Gasteiger partial charge >= 0.3 is 6.18 Å². The molecule has 2 aromatic carbocycles. The molecule has 1 aliphatic heterocycles. The number of nitrogens with one attached hydrogen (secondary N) is 1. The van der Waals surface area contributed by atoms with E-state index in [1.54, 1.807) is 0 Å². The van der Waals surface area contributed by atoms with Gasteiger partial charge in [0.25, 0.3) is 0 Å². The van der Waals surface area contributed by atoms with E-state index in [1.807, 2.05) is 43.3 Å². The number of halogens is 4. The first kappa shape index (κ1) is 16.5. The Kier molecular flexibility index (Phi) is 3.84. The summed E-state index contributed by atoms with van der Waals surface area (Å²) in [6, 6.07) is 10.5. The van der Waals surface area contributed by atoms with Crippen LogP contribution in [0.15, 0.2) is 48.6 Å². The van der Waals surface area contributed by atoms with E-state index in [9.17, 15) is 13.2 Å². The normalized spacial score (nSPS) is 24.6. The molecule has 1 N–H and O–H groups in total. The average Bonchev–Trinajstić information content (AvgIpc) is 3.04. The summed E-state index contributed by atoms with van der Waals surface area (Å²) in [5, 5.41) is 3.65. The second-order valence-electron chi connectivity index (χ2n) is 6.77. The van der Waals surface area contributed by atoms with Gasteiger partial charge in [-0.3, -0.25) is 0 Å². The third kappa shape index (κ3) is 2.73. The van der Waals surface area contributed by atoms with Crippen LogP contribution in [0.25, 0.3) is 0 Å². The summed E-state index contributed by atoms with van der Waals surface area (Å²) >= 11 is 6.28. The van der Waals surface area contributed by atoms with Crippen LogP contribution >= 0.6 is 11.6 Å². The first-order valence-electron chi connectivity index (χ1n) is 8.25. The topological polar surface area (TPSA) is 12.0 Å². The molecular formula is C20H17ClF3N. The molecule has 25 heavy (non-hydrogen) atoms. The van der Waals surface area contributed by atoms with Crippen LogP contribution in [0.2, 0.25) is 5.02 Å². The molecule has 0 saturated heterocycles. The van der Waals surface area contributed by atoms with Crippen molar-refractivity contribution < 1.29 is 13.2 Å². The molecule has 0 fully saturated rings. The van der Waals surface area contributed by atoms with Crippen molar-refractivity contribution in [2.45, 2.75) is 31.5 Å². The summed E-state index contributed by atoms with van der Waals surface area (Å²) in [6.07, 6.45) is 0.235. The number of benzene rings is 2. The molecule has 1 aliphatic carbocycles. The lowest BCUT2D eigenvalue weighted by molar-refractivity contribution is -0.138. The van der Waals surface area contributed by atoms with Gasteiger partial charge < -0.3 is 5.32 Å². The summed E-state index contributed by atoms with van der Waals surface area (Å²) in [7, 11) is 0. The van der Waals surface area contributed by atoms with Crippen molar-refractivity contribution in [2.75, 3.05) is 5.32 Å². The summed E-state index contributed by atoms with van der Waals surface area (Å²) in [4.78, 5) is 0. The Hall–Kier alpha value is -1.94. The second kappa shape index (κ2) is 5.80. The SMILES string of the molecule is Cc1ccc([C@@H]2Nc3c(Cl)ccc(C(F)(F)F)c3[C@H]3C=CC[C@H]32)cc1. The first-order valence-corrected chi connectivity index (χ1v) is 8.63. The van der Waals surface area contributed by atoms with Crippen molar-refractivity contribution in [3.8, 4) is 0 Å². The molecule has 0 unspecified atom stereocenters. The van der Waals surface area contributed by atoms with Crippen LogP contribution in [-0.4, -0.2) is 0 Å². The molecule has 130 valence electrons. The number of hydrogen-bond donors (Lipinski definition) is 1. The van der Waals surface area contributed by atoms with E-state index in [-0.39, 0.29) is 23.4 Å². The zero-order valence-electron chi connectivity index (χ0n) is 13.6. The predicted octanol–water partition coefficient (Wildman–Crippen LogP) is 6.49. The van der Waals surface area contributed by atoms with Crippen molar-refractivity contribution in [1.29, 1.82) is 0 Å². The highest BCUT2D eigenvalue weighted by Gasteiger charge is 2.44. The number of aryl methyl sites for hydroxylation is 1. The Balaban J connectivity index is 1.87. The highest BCUT2D eigenvalue weighted by molar-refractivity contribution is 6.33. The van der Waals surface area contributed by atoms with E-state index in [0.29, 0.717) is 10.7 Å². The lowest BCUT2D eigenvalue weighted by Gasteiger charge is -2.39. The first-order chi connectivity index (χ1) is 11.9. The molecule has 4 rings (SSSR count). The van der Waals surface area contributed by atoms with E-state index in [4.69, 9.17) is 11.6 Å². The van der Waals surface area contributed by atoms with Crippen molar-refractivity contribution in [3.05, 3.63) is 75.8 Å². The van der Waals surface area contributed by atoms with Gasteiger partial charge in [-0.2, -0.15) is 13.2 Å². The van der Waals surface area contributed by atoms with Crippen LogP contribution in [0.4, 0.5) is 18.9 Å². The van der Waals surface area contributed by atoms with Crippen molar-refractivity contribution in [2.24, 2.45) is 5.92 Å². The summed E-state index contributed by atoms with van der Waals surface area (Å²) in [5.74, 6) is -0.229. The van der Waals surface area contributed by atoms with Gasteiger partial charge in [0.15, 0.2) is 0 Å². The maximum Gasteiger partial charge on any atom is 0.416 e. The minimum atomic E-state index is -4.39. The van der Waals surface area contributed by atoms with Gasteiger partial charge in [0.1, 0.15) is 0 Å². The largest absolute Gasteiger partial charge is 0.416 e. The molecule has 0 bridgehead atoms. The van der Waals surface area contributed by atoms with Crippen LogP contribution in [0.5, 0.6) is 0 Å². The molecule has 0 radical (unpaired) electrons. The Morgan fingerprint density at radius 3 is 2.48 bits per heavy atom. The fourth-order valence-electron chi connectivity index (χ4n) is 4.03. The van der Waals surface area contributed by atoms with Gasteiger partial charge in [0.05, 0.1) is 22.3 Å². The Labute approximate surface area is 149 Å². The molecule has 0 saturated carbocycles. The van der Waals surface area contributed by atoms with Gasteiger partial charge in [-0.15, -0.1) is 0 Å². The maximum absolute atomic E-state index is 13.5. The number of anilines is 1. The van der Waals surface area contributed by atoms with Crippen molar-refractivity contribution in [3.63, 3.8) is 0 Å². The van der Waals surface area contributed by atoms with E-state index >= 15 is 0 Å². The smallest absolute Gasteiger partial charge is 0.376 e. The molecule has 0 amide bonds. The molecule has 2 aromatic rings. The zero-order chi connectivity index (χ0) is 17.8. The van der Waals surface area contributed by atoms with Crippen LogP contribution in [0.3, 0.4) is 0 Å². The lowest BCUT2D eigenvalue weighted by atomic mass is 9.75. The molecule has 3 atom stereocenters. The third-order valence-corrected chi connectivity index (χ3v) is 5.53. The molecule has 2 aliphatic rings. The summed E-state index contributed by atoms with van der Waals surface area (Å²) < 4.78 is 40.6. The quantitative estimate of drug-likeness (QED) is 0.571. The number of hydrogen-bond acceptors (Lipinski definition) is 1. The minimum Gasteiger partial charge on any atom is -0.376 e. The molecule has 1 heterocycles. The van der Waals surface area contributed by atoms with E-state index in [2.05, 4.69) is 5.32 Å². The average molecular weight is 364 g/mol. The van der Waals surface area contributed by atoms with Crippen molar-refractivity contribution >= 4 is 17.3 Å². The summed E-state index contributed by atoms with van der Waals surface area (Å²) in [5.41, 5.74) is 2.32. The van der Waals surface area contributed by atoms with Crippen LogP contribution < -0.4 is 5.32 Å². The van der Waals surface area contributed by atoms with Crippen LogP contribution in [0.1, 0.15) is 40.6 Å². The lowest BCUT2D eigenvalue weighted by Crippen LogP contribution is -2.31. The van der Waals surface area contributed by atoms with Gasteiger partial charge in [-0.1, -0.05) is 53.6 Å². The second-order valence-corrected chi connectivity index (χ2v) is 7.17. The van der Waals surface area contributed by atoms with Gasteiger partial charge in [-0.05, 0) is 42.5 Å². The fourth-order valence-corrected chi connectivity index (χ4v) is 4.24. The monoisotopic (exact) mass is 363 g/mol. The molecule has 1 nitrogen and oxygen atoms in total. The fraction of sp³-hybridized carbons (Fsp3) is 0.300. The van der Waals surface area contributed by atoms with E-state index in [1.165, 1.54) is 6.07 Å². The highest BCUT2D eigenvalue weighted by atomic mass is 35.5. The Bertz CT molecular complexity index is 839. The molecule has 5 heteroatoms. The number of fused-ring (bicyclic) bond motifs is 3. The number of rotatable bonds is 1. The van der Waals surface area contributed by atoms with E-state index in [0.717, 1.165) is 23.6 Å². The summed E-state index contributed by atoms with van der Waals surface area (Å²) in [6.45, 7) is 2.01. The third-order valence-electron chi connectivity index (χ3n) is 5.21. The van der Waals surface area contributed by atoms with Gasteiger partial charge in [0, 0.05) is 5.92 Å². The Morgan fingerprint density at radius 1 is 1.08 bits per heavy atom. The standard InChI is InChI=1S/C20H17ClF3N/c1-11-5-7-12(8-6-11)18-14-4-2-3-13(14)17-15(20(22,23)24)9-10-16(21)19(17)25-18/h2-3,5-10,13-14,18,25H,4H2,1H3/t13-,14+,18-/m0/s1. The molecule has 0 spiro atoms. The Morgan fingerprint density at radius 2 is 1.80 bits per heavy atom. The van der Waals surface area contributed by atoms with Crippen LogP contribution in [-0.2, 0) is 6.18 Å². The zero-order valence-corrected chi connectivity index (χ0v) is 14.3. The van der Waals surface area contributed by atoms with Gasteiger partial charge in [0.2, 0.25) is 0 Å². The molecule has 0 aromatic heterocycles. The maximum atomic E-state index is 13.5. The minimum absolute atomic E-state index is 0.0507.